The Morgan fingerprint density at radius 2 is 1.97 bits per heavy atom. The summed E-state index contributed by atoms with van der Waals surface area (Å²) >= 11 is 1.44. The van der Waals surface area contributed by atoms with Crippen molar-refractivity contribution in [3.05, 3.63) is 87.5 Å². The largest absolute Gasteiger partial charge is 0.341 e. The number of benzene rings is 2. The summed E-state index contributed by atoms with van der Waals surface area (Å²) in [4.78, 5) is 32.3. The molecule has 0 spiro atoms. The first-order valence-electron chi connectivity index (χ1n) is 9.94. The lowest BCUT2D eigenvalue weighted by Gasteiger charge is -2.17. The van der Waals surface area contributed by atoms with Crippen molar-refractivity contribution >= 4 is 27.5 Å². The second-order valence-electron chi connectivity index (χ2n) is 7.57. The average molecular weight is 436 g/mol. The number of hydrogen-bond donors (Lipinski definition) is 0. The second-order valence-corrected chi connectivity index (χ2v) is 8.43. The van der Waals surface area contributed by atoms with Crippen molar-refractivity contribution in [2.75, 3.05) is 7.05 Å². The first kappa shape index (κ1) is 20.9. The van der Waals surface area contributed by atoms with Crippen molar-refractivity contribution in [1.82, 2.24) is 14.5 Å². The lowest BCUT2D eigenvalue weighted by molar-refractivity contribution is -0.130. The highest BCUT2D eigenvalue weighted by atomic mass is 32.1. The van der Waals surface area contributed by atoms with Crippen molar-refractivity contribution in [2.24, 2.45) is 0 Å². The van der Waals surface area contributed by atoms with E-state index < -0.39 is 0 Å². The van der Waals surface area contributed by atoms with Gasteiger partial charge in [0, 0.05) is 37.5 Å². The Morgan fingerprint density at radius 3 is 2.71 bits per heavy atom. The summed E-state index contributed by atoms with van der Waals surface area (Å²) in [5, 5.41) is 2.53. The molecule has 4 aromatic rings. The predicted octanol–water partition coefficient (Wildman–Crippen LogP) is 4.62. The van der Waals surface area contributed by atoms with Gasteiger partial charge in [0.2, 0.25) is 5.91 Å². The number of carbonyl (C=O) groups is 1. The fraction of sp³-hybridized carbons (Fsp3) is 0.208. The van der Waals surface area contributed by atoms with Crippen LogP contribution in [0.15, 0.2) is 65.0 Å². The molecule has 2 heterocycles. The molecule has 4 rings (SSSR count). The van der Waals surface area contributed by atoms with Crippen molar-refractivity contribution in [1.29, 1.82) is 0 Å². The minimum Gasteiger partial charge on any atom is -0.341 e. The van der Waals surface area contributed by atoms with Gasteiger partial charge in [-0.1, -0.05) is 42.0 Å². The first-order valence-corrected chi connectivity index (χ1v) is 10.8. The molecule has 0 radical (unpaired) electrons. The topological polar surface area (TPSA) is 55.2 Å². The summed E-state index contributed by atoms with van der Waals surface area (Å²) < 4.78 is 14.8. The highest BCUT2D eigenvalue weighted by Gasteiger charge is 2.15. The van der Waals surface area contributed by atoms with E-state index in [2.05, 4.69) is 4.98 Å². The number of amides is 1. The van der Waals surface area contributed by atoms with Gasteiger partial charge >= 0.3 is 0 Å². The monoisotopic (exact) mass is 435 g/mol. The lowest BCUT2D eigenvalue weighted by atomic mass is 10.1. The molecular formula is C24H22FN3O2S. The number of aromatic nitrogens is 2. The normalized spacial score (nSPS) is 11.1. The van der Waals surface area contributed by atoms with Crippen molar-refractivity contribution < 1.29 is 9.18 Å². The van der Waals surface area contributed by atoms with Gasteiger partial charge in [-0.3, -0.25) is 14.2 Å². The number of aryl methyl sites for hydroxylation is 2. The van der Waals surface area contributed by atoms with Gasteiger partial charge in [0.25, 0.3) is 5.56 Å². The standard InChI is InChI=1S/C24H22FN3O2S/c1-16-6-8-18(9-7-16)20-14-31-23-22(20)24(30)28(15-26-23)11-10-21(29)27(2)13-17-4-3-5-19(25)12-17/h3-9,12,14-15H,10-11,13H2,1-2H3. The molecule has 158 valence electrons. The highest BCUT2D eigenvalue weighted by molar-refractivity contribution is 7.17. The predicted molar refractivity (Wildman–Crippen MR) is 122 cm³/mol. The van der Waals surface area contributed by atoms with Crippen LogP contribution in [-0.4, -0.2) is 27.4 Å². The molecule has 0 atom stereocenters. The van der Waals surface area contributed by atoms with Crippen LogP contribution in [0.5, 0.6) is 0 Å². The minimum atomic E-state index is -0.329. The maximum absolute atomic E-state index is 13.4. The van der Waals surface area contributed by atoms with Crippen LogP contribution in [0.25, 0.3) is 21.3 Å². The highest BCUT2D eigenvalue weighted by Crippen LogP contribution is 2.30. The molecule has 0 aliphatic heterocycles. The number of rotatable bonds is 6. The third-order valence-corrected chi connectivity index (χ3v) is 6.11. The van der Waals surface area contributed by atoms with E-state index in [9.17, 15) is 14.0 Å². The van der Waals surface area contributed by atoms with E-state index in [1.54, 1.807) is 19.2 Å². The summed E-state index contributed by atoms with van der Waals surface area (Å²) in [5.41, 5.74) is 3.56. The van der Waals surface area contributed by atoms with Gasteiger partial charge in [-0.2, -0.15) is 0 Å². The Labute approximate surface area is 183 Å². The maximum atomic E-state index is 13.4. The van der Waals surface area contributed by atoms with Crippen LogP contribution >= 0.6 is 11.3 Å². The Kier molecular flexibility index (Phi) is 5.95. The van der Waals surface area contributed by atoms with Gasteiger partial charge < -0.3 is 4.90 Å². The third-order valence-electron chi connectivity index (χ3n) is 5.22. The molecule has 7 heteroatoms. The molecule has 2 aromatic heterocycles. The number of fused-ring (bicyclic) bond motifs is 1. The van der Waals surface area contributed by atoms with Crippen molar-refractivity contribution in [2.45, 2.75) is 26.4 Å². The van der Waals surface area contributed by atoms with Crippen molar-refractivity contribution in [3.8, 4) is 11.1 Å². The number of nitrogens with zero attached hydrogens (tertiary/aromatic N) is 3. The van der Waals surface area contributed by atoms with E-state index in [4.69, 9.17) is 0 Å². The second kappa shape index (κ2) is 8.81. The summed E-state index contributed by atoms with van der Waals surface area (Å²) in [6, 6.07) is 14.2. The molecule has 0 saturated heterocycles. The van der Waals surface area contributed by atoms with Gasteiger partial charge in [-0.15, -0.1) is 11.3 Å². The molecule has 0 unspecified atom stereocenters. The zero-order valence-corrected chi connectivity index (χ0v) is 18.2. The van der Waals surface area contributed by atoms with Gasteiger partial charge in [-0.25, -0.2) is 9.37 Å². The molecule has 0 aliphatic rings. The summed E-state index contributed by atoms with van der Waals surface area (Å²) in [5.74, 6) is -0.454. The van der Waals surface area contributed by atoms with Crippen molar-refractivity contribution in [3.63, 3.8) is 0 Å². The summed E-state index contributed by atoms with van der Waals surface area (Å²) in [6.45, 7) is 2.56. The molecule has 0 N–H and O–H groups in total. The minimum absolute atomic E-state index is 0.125. The Balaban J connectivity index is 1.51. The number of hydrogen-bond acceptors (Lipinski definition) is 4. The van der Waals surface area contributed by atoms with Crippen LogP contribution in [-0.2, 0) is 17.9 Å². The van der Waals surface area contributed by atoms with Crippen LogP contribution in [0.3, 0.4) is 0 Å². The van der Waals surface area contributed by atoms with Gasteiger partial charge in [-0.05, 0) is 30.2 Å². The van der Waals surface area contributed by atoms with E-state index >= 15 is 0 Å². The first-order chi connectivity index (χ1) is 14.9. The molecule has 0 fully saturated rings. The molecular weight excluding hydrogens is 413 g/mol. The lowest BCUT2D eigenvalue weighted by Crippen LogP contribution is -2.29. The molecule has 0 aliphatic carbocycles. The fourth-order valence-electron chi connectivity index (χ4n) is 3.48. The molecule has 1 amide bonds. The quantitative estimate of drug-likeness (QED) is 0.444. The zero-order chi connectivity index (χ0) is 22.0. The smallest absolute Gasteiger partial charge is 0.262 e. The van der Waals surface area contributed by atoms with E-state index in [1.807, 2.05) is 36.6 Å². The summed E-state index contributed by atoms with van der Waals surface area (Å²) in [6.07, 6.45) is 1.66. The Bertz CT molecular complexity index is 1290. The summed E-state index contributed by atoms with van der Waals surface area (Å²) in [7, 11) is 1.67. The van der Waals surface area contributed by atoms with E-state index in [0.717, 1.165) is 22.3 Å². The van der Waals surface area contributed by atoms with E-state index in [0.29, 0.717) is 16.8 Å². The average Bonchev–Trinajstić information content (AvgIpc) is 3.18. The van der Waals surface area contributed by atoms with Crippen LogP contribution < -0.4 is 5.56 Å². The third kappa shape index (κ3) is 4.56. The van der Waals surface area contributed by atoms with Gasteiger partial charge in [0.15, 0.2) is 0 Å². The Morgan fingerprint density at radius 1 is 1.19 bits per heavy atom. The SMILES string of the molecule is Cc1ccc(-c2csc3ncn(CCC(=O)N(C)Cc4cccc(F)c4)c(=O)c23)cc1. The van der Waals surface area contributed by atoms with E-state index in [1.165, 1.54) is 39.3 Å². The van der Waals surface area contributed by atoms with Crippen LogP contribution in [0.4, 0.5) is 4.39 Å². The molecule has 0 bridgehead atoms. The number of halogens is 1. The Hall–Kier alpha value is -3.32. The molecule has 0 saturated carbocycles. The van der Waals surface area contributed by atoms with Gasteiger partial charge in [0.05, 0.1) is 11.7 Å². The zero-order valence-electron chi connectivity index (χ0n) is 17.3. The molecule has 31 heavy (non-hydrogen) atoms. The van der Waals surface area contributed by atoms with Crippen LogP contribution in [0, 0.1) is 12.7 Å². The molecule has 2 aromatic carbocycles. The molecule has 5 nitrogen and oxygen atoms in total. The van der Waals surface area contributed by atoms with E-state index in [-0.39, 0.29) is 30.2 Å². The fourth-order valence-corrected chi connectivity index (χ4v) is 4.38. The van der Waals surface area contributed by atoms with Crippen LogP contribution in [0.2, 0.25) is 0 Å². The number of thiophene rings is 1. The maximum Gasteiger partial charge on any atom is 0.262 e. The van der Waals surface area contributed by atoms with Crippen LogP contribution in [0.1, 0.15) is 17.5 Å². The van der Waals surface area contributed by atoms with Gasteiger partial charge in [0.1, 0.15) is 10.6 Å². The number of carbonyl (C=O) groups excluding carboxylic acids is 1.